The minimum atomic E-state index is 0.815. The Morgan fingerprint density at radius 2 is 2.00 bits per heavy atom. The fourth-order valence-corrected chi connectivity index (χ4v) is 2.44. The SMILES string of the molecule is C=C[C@H](CCC)C1CCCCC1. The smallest absolute Gasteiger partial charge is 0.0208 e. The van der Waals surface area contributed by atoms with Gasteiger partial charge >= 0.3 is 0 Å². The Morgan fingerprint density at radius 3 is 2.50 bits per heavy atom. The summed E-state index contributed by atoms with van der Waals surface area (Å²) in [7, 11) is 0. The van der Waals surface area contributed by atoms with E-state index in [1.54, 1.807) is 0 Å². The van der Waals surface area contributed by atoms with Gasteiger partial charge in [-0.3, -0.25) is 0 Å². The number of allylic oxidation sites excluding steroid dienone is 1. The normalized spacial score (nSPS) is 22.1. The highest BCUT2D eigenvalue weighted by Crippen LogP contribution is 2.32. The highest BCUT2D eigenvalue weighted by molar-refractivity contribution is 4.85. The van der Waals surface area contributed by atoms with Crippen molar-refractivity contribution in [1.82, 2.24) is 0 Å². The molecule has 1 fully saturated rings. The van der Waals surface area contributed by atoms with Crippen LogP contribution in [0, 0.1) is 11.8 Å². The molecule has 1 aliphatic rings. The van der Waals surface area contributed by atoms with Gasteiger partial charge in [0.2, 0.25) is 0 Å². The molecule has 0 nitrogen and oxygen atoms in total. The van der Waals surface area contributed by atoms with Gasteiger partial charge in [0.15, 0.2) is 0 Å². The third-order valence-corrected chi connectivity index (χ3v) is 3.18. The molecule has 0 aromatic heterocycles. The first-order valence-electron chi connectivity index (χ1n) is 5.51. The fourth-order valence-electron chi connectivity index (χ4n) is 2.44. The monoisotopic (exact) mass is 166 g/mol. The molecule has 0 heteroatoms. The lowest BCUT2D eigenvalue weighted by Gasteiger charge is -2.27. The maximum Gasteiger partial charge on any atom is -0.0208 e. The van der Waals surface area contributed by atoms with Crippen LogP contribution in [0.4, 0.5) is 0 Å². The van der Waals surface area contributed by atoms with E-state index in [2.05, 4.69) is 19.6 Å². The predicted octanol–water partition coefficient (Wildman–Crippen LogP) is 4.17. The summed E-state index contributed by atoms with van der Waals surface area (Å²) in [6.45, 7) is 6.23. The van der Waals surface area contributed by atoms with Crippen LogP contribution in [0.3, 0.4) is 0 Å². The molecule has 0 bridgehead atoms. The molecule has 0 N–H and O–H groups in total. The van der Waals surface area contributed by atoms with Crippen molar-refractivity contribution in [2.45, 2.75) is 51.9 Å². The molecule has 12 heavy (non-hydrogen) atoms. The molecule has 0 spiro atoms. The Labute approximate surface area is 77.1 Å². The van der Waals surface area contributed by atoms with Gasteiger partial charge in [-0.1, -0.05) is 38.7 Å². The average Bonchev–Trinajstić information content (AvgIpc) is 2.15. The summed E-state index contributed by atoms with van der Waals surface area (Å²) in [5.74, 6) is 1.78. The van der Waals surface area contributed by atoms with Gasteiger partial charge < -0.3 is 0 Å². The van der Waals surface area contributed by atoms with Crippen molar-refractivity contribution in [1.29, 1.82) is 0 Å². The summed E-state index contributed by atoms with van der Waals surface area (Å²) < 4.78 is 0. The van der Waals surface area contributed by atoms with Crippen LogP contribution in [0.15, 0.2) is 12.7 Å². The maximum atomic E-state index is 3.95. The molecule has 1 saturated carbocycles. The van der Waals surface area contributed by atoms with Crippen molar-refractivity contribution in [2.24, 2.45) is 11.8 Å². The zero-order valence-corrected chi connectivity index (χ0v) is 8.39. The van der Waals surface area contributed by atoms with Crippen LogP contribution in [-0.4, -0.2) is 0 Å². The predicted molar refractivity (Wildman–Crippen MR) is 55.2 cm³/mol. The van der Waals surface area contributed by atoms with Crippen molar-refractivity contribution in [2.75, 3.05) is 0 Å². The second-order valence-electron chi connectivity index (χ2n) is 4.09. The van der Waals surface area contributed by atoms with Crippen molar-refractivity contribution in [3.63, 3.8) is 0 Å². The Kier molecular flexibility index (Phi) is 4.42. The molecule has 70 valence electrons. The standard InChI is InChI=1S/C12H22/c1-3-8-11(4-2)12-9-6-5-7-10-12/h4,11-12H,2-3,5-10H2,1H3/t11-/m1/s1. The molecule has 0 amide bonds. The molecule has 0 unspecified atom stereocenters. The van der Waals surface area contributed by atoms with Gasteiger partial charge in [-0.25, -0.2) is 0 Å². The van der Waals surface area contributed by atoms with E-state index in [-0.39, 0.29) is 0 Å². The Bertz CT molecular complexity index is 120. The van der Waals surface area contributed by atoms with E-state index in [9.17, 15) is 0 Å². The van der Waals surface area contributed by atoms with Gasteiger partial charge in [-0.2, -0.15) is 0 Å². The summed E-state index contributed by atoms with van der Waals surface area (Å²) in [6.07, 6.45) is 12.2. The zero-order valence-electron chi connectivity index (χ0n) is 8.39. The van der Waals surface area contributed by atoms with E-state index in [4.69, 9.17) is 0 Å². The summed E-state index contributed by atoms with van der Waals surface area (Å²) in [5, 5.41) is 0. The van der Waals surface area contributed by atoms with Crippen molar-refractivity contribution in [3.05, 3.63) is 12.7 Å². The van der Waals surface area contributed by atoms with E-state index < -0.39 is 0 Å². The summed E-state index contributed by atoms with van der Waals surface area (Å²) >= 11 is 0. The molecule has 1 rings (SSSR count). The first-order valence-corrected chi connectivity index (χ1v) is 5.51. The number of hydrogen-bond acceptors (Lipinski definition) is 0. The van der Waals surface area contributed by atoms with Crippen LogP contribution in [-0.2, 0) is 0 Å². The van der Waals surface area contributed by atoms with Crippen LogP contribution in [0.1, 0.15) is 51.9 Å². The minimum Gasteiger partial charge on any atom is -0.103 e. The quantitative estimate of drug-likeness (QED) is 0.550. The van der Waals surface area contributed by atoms with Gasteiger partial charge in [-0.05, 0) is 31.1 Å². The first kappa shape index (κ1) is 9.83. The van der Waals surface area contributed by atoms with Gasteiger partial charge in [0.1, 0.15) is 0 Å². The van der Waals surface area contributed by atoms with Gasteiger partial charge in [0, 0.05) is 0 Å². The third kappa shape index (κ3) is 2.66. The van der Waals surface area contributed by atoms with E-state index in [1.165, 1.54) is 44.9 Å². The second-order valence-corrected chi connectivity index (χ2v) is 4.09. The van der Waals surface area contributed by atoms with Gasteiger partial charge in [-0.15, -0.1) is 6.58 Å². The van der Waals surface area contributed by atoms with Crippen LogP contribution >= 0.6 is 0 Å². The first-order chi connectivity index (χ1) is 5.88. The molecule has 0 aliphatic heterocycles. The lowest BCUT2D eigenvalue weighted by molar-refractivity contribution is 0.274. The van der Waals surface area contributed by atoms with Crippen LogP contribution < -0.4 is 0 Å². The number of rotatable bonds is 4. The third-order valence-electron chi connectivity index (χ3n) is 3.18. The molecule has 0 saturated heterocycles. The largest absolute Gasteiger partial charge is 0.103 e. The van der Waals surface area contributed by atoms with Crippen molar-refractivity contribution < 1.29 is 0 Å². The lowest BCUT2D eigenvalue weighted by Crippen LogP contribution is -2.15. The molecular formula is C12H22. The van der Waals surface area contributed by atoms with E-state index >= 15 is 0 Å². The van der Waals surface area contributed by atoms with E-state index in [1.807, 2.05) is 0 Å². The molecule has 1 aliphatic carbocycles. The molecule has 0 aromatic rings. The summed E-state index contributed by atoms with van der Waals surface area (Å²) in [6, 6.07) is 0. The molecule has 1 atom stereocenters. The molecule has 0 heterocycles. The van der Waals surface area contributed by atoms with Crippen LogP contribution in [0.2, 0.25) is 0 Å². The summed E-state index contributed by atoms with van der Waals surface area (Å²) in [4.78, 5) is 0. The van der Waals surface area contributed by atoms with E-state index in [0.29, 0.717) is 0 Å². The molecule has 0 radical (unpaired) electrons. The summed E-state index contributed by atoms with van der Waals surface area (Å²) in [5.41, 5.74) is 0. The Morgan fingerprint density at radius 1 is 1.33 bits per heavy atom. The highest BCUT2D eigenvalue weighted by atomic mass is 14.2. The molecule has 0 aromatic carbocycles. The minimum absolute atomic E-state index is 0.815. The lowest BCUT2D eigenvalue weighted by atomic mass is 9.78. The fraction of sp³-hybridized carbons (Fsp3) is 0.833. The van der Waals surface area contributed by atoms with Crippen LogP contribution in [0.5, 0.6) is 0 Å². The maximum absolute atomic E-state index is 3.95. The highest BCUT2D eigenvalue weighted by Gasteiger charge is 2.19. The van der Waals surface area contributed by atoms with Crippen molar-refractivity contribution in [3.8, 4) is 0 Å². The van der Waals surface area contributed by atoms with Crippen LogP contribution in [0.25, 0.3) is 0 Å². The van der Waals surface area contributed by atoms with E-state index in [0.717, 1.165) is 11.8 Å². The Hall–Kier alpha value is -0.260. The average molecular weight is 166 g/mol. The zero-order chi connectivity index (χ0) is 8.81. The Balaban J connectivity index is 2.34. The van der Waals surface area contributed by atoms with Gasteiger partial charge in [0.05, 0.1) is 0 Å². The topological polar surface area (TPSA) is 0 Å². The van der Waals surface area contributed by atoms with Crippen molar-refractivity contribution >= 4 is 0 Å². The number of hydrogen-bond donors (Lipinski definition) is 0. The second kappa shape index (κ2) is 5.40. The molecular weight excluding hydrogens is 144 g/mol. The van der Waals surface area contributed by atoms with Gasteiger partial charge in [0.25, 0.3) is 0 Å².